The zero-order valence-electron chi connectivity index (χ0n) is 14.0. The van der Waals surface area contributed by atoms with Crippen LogP contribution in [0, 0.1) is 11.6 Å². The second kappa shape index (κ2) is 8.29. The summed E-state index contributed by atoms with van der Waals surface area (Å²) >= 11 is 1.00. The third-order valence-corrected chi connectivity index (χ3v) is 5.06. The monoisotopic (exact) mass is 349 g/mol. The van der Waals surface area contributed by atoms with Gasteiger partial charge in [-0.1, -0.05) is 32.0 Å². The van der Waals surface area contributed by atoms with Crippen molar-refractivity contribution in [2.75, 3.05) is 5.32 Å². The molecule has 5 heteroatoms. The molecule has 2 aromatic rings. The fourth-order valence-electron chi connectivity index (χ4n) is 2.31. The molecular formula is C19H21F2NOS. The van der Waals surface area contributed by atoms with Gasteiger partial charge in [-0.15, -0.1) is 11.8 Å². The van der Waals surface area contributed by atoms with Crippen LogP contribution in [-0.2, 0) is 4.79 Å². The van der Waals surface area contributed by atoms with Crippen LogP contribution in [0.4, 0.5) is 14.5 Å². The Morgan fingerprint density at radius 1 is 1.17 bits per heavy atom. The summed E-state index contributed by atoms with van der Waals surface area (Å²) in [6, 6.07) is 10.9. The molecule has 0 unspecified atom stereocenters. The number of para-hydroxylation sites is 1. The molecule has 24 heavy (non-hydrogen) atoms. The van der Waals surface area contributed by atoms with Gasteiger partial charge in [-0.2, -0.15) is 0 Å². The molecule has 128 valence electrons. The summed E-state index contributed by atoms with van der Waals surface area (Å²) in [5.41, 5.74) is 1.84. The standard InChI is InChI=1S/C19H21F2NOS/c1-4-12(2)15-7-5-6-8-17(15)22-19(23)13(3)24-18-11-14(20)9-10-16(18)21/h5-13H,4H2,1-3H3,(H,22,23)/t12-,13+/m1/s1. The van der Waals surface area contributed by atoms with Gasteiger partial charge in [0.15, 0.2) is 0 Å². The highest BCUT2D eigenvalue weighted by Crippen LogP contribution is 2.30. The van der Waals surface area contributed by atoms with E-state index in [0.717, 1.165) is 47.6 Å². The van der Waals surface area contributed by atoms with Gasteiger partial charge in [0.05, 0.1) is 5.25 Å². The highest BCUT2D eigenvalue weighted by Gasteiger charge is 2.19. The van der Waals surface area contributed by atoms with Gasteiger partial charge in [0, 0.05) is 10.6 Å². The van der Waals surface area contributed by atoms with Crippen molar-refractivity contribution < 1.29 is 13.6 Å². The topological polar surface area (TPSA) is 29.1 Å². The minimum absolute atomic E-state index is 0.132. The van der Waals surface area contributed by atoms with Gasteiger partial charge in [-0.3, -0.25) is 4.79 Å². The first kappa shape index (κ1) is 18.5. The molecule has 2 atom stereocenters. The summed E-state index contributed by atoms with van der Waals surface area (Å²) in [5, 5.41) is 2.35. The molecule has 0 radical (unpaired) electrons. The molecule has 0 spiro atoms. The lowest BCUT2D eigenvalue weighted by molar-refractivity contribution is -0.115. The molecule has 1 amide bonds. The minimum atomic E-state index is -0.550. The van der Waals surface area contributed by atoms with E-state index in [1.165, 1.54) is 0 Å². The van der Waals surface area contributed by atoms with Crippen LogP contribution < -0.4 is 5.32 Å². The van der Waals surface area contributed by atoms with Gasteiger partial charge < -0.3 is 5.32 Å². The van der Waals surface area contributed by atoms with Crippen LogP contribution in [0.5, 0.6) is 0 Å². The lowest BCUT2D eigenvalue weighted by atomic mass is 9.97. The van der Waals surface area contributed by atoms with Gasteiger partial charge >= 0.3 is 0 Å². The number of thioether (sulfide) groups is 1. The van der Waals surface area contributed by atoms with Crippen molar-refractivity contribution in [1.29, 1.82) is 0 Å². The van der Waals surface area contributed by atoms with E-state index in [0.29, 0.717) is 5.92 Å². The SMILES string of the molecule is CC[C@@H](C)c1ccccc1NC(=O)[C@H](C)Sc1cc(F)ccc1F. The average Bonchev–Trinajstić information content (AvgIpc) is 2.57. The van der Waals surface area contributed by atoms with Crippen LogP contribution in [-0.4, -0.2) is 11.2 Å². The molecule has 0 saturated carbocycles. The minimum Gasteiger partial charge on any atom is -0.325 e. The lowest BCUT2D eigenvalue weighted by Crippen LogP contribution is -2.23. The van der Waals surface area contributed by atoms with Crippen molar-refractivity contribution in [2.24, 2.45) is 0 Å². The van der Waals surface area contributed by atoms with Crippen LogP contribution >= 0.6 is 11.8 Å². The average molecular weight is 349 g/mol. The first-order valence-corrected chi connectivity index (χ1v) is 8.81. The number of rotatable bonds is 6. The maximum Gasteiger partial charge on any atom is 0.237 e. The molecule has 1 N–H and O–H groups in total. The first-order valence-electron chi connectivity index (χ1n) is 7.93. The molecule has 0 fully saturated rings. The Kier molecular flexibility index (Phi) is 6.37. The number of amides is 1. The van der Waals surface area contributed by atoms with E-state index in [-0.39, 0.29) is 10.8 Å². The van der Waals surface area contributed by atoms with E-state index in [1.807, 2.05) is 24.3 Å². The highest BCUT2D eigenvalue weighted by atomic mass is 32.2. The molecule has 2 rings (SSSR count). The van der Waals surface area contributed by atoms with Gasteiger partial charge in [-0.05, 0) is 49.1 Å². The lowest BCUT2D eigenvalue weighted by Gasteiger charge is -2.18. The Hall–Kier alpha value is -1.88. The number of benzene rings is 2. The smallest absolute Gasteiger partial charge is 0.237 e. The summed E-state index contributed by atoms with van der Waals surface area (Å²) in [4.78, 5) is 12.6. The quantitative estimate of drug-likeness (QED) is 0.688. The van der Waals surface area contributed by atoms with E-state index in [1.54, 1.807) is 6.92 Å². The molecule has 2 aromatic carbocycles. The molecule has 0 aliphatic heterocycles. The summed E-state index contributed by atoms with van der Waals surface area (Å²) in [5.74, 6) is -0.959. The molecule has 0 bridgehead atoms. The Balaban J connectivity index is 2.11. The number of hydrogen-bond acceptors (Lipinski definition) is 2. The number of nitrogens with one attached hydrogen (secondary N) is 1. The number of carbonyl (C=O) groups is 1. The van der Waals surface area contributed by atoms with E-state index in [9.17, 15) is 13.6 Å². The predicted molar refractivity (Wildman–Crippen MR) is 95.5 cm³/mol. The second-order valence-corrected chi connectivity index (χ2v) is 7.10. The van der Waals surface area contributed by atoms with Crippen LogP contribution in [0.25, 0.3) is 0 Å². The number of halogens is 2. The van der Waals surface area contributed by atoms with Crippen LogP contribution in [0.15, 0.2) is 47.4 Å². The molecule has 0 heterocycles. The largest absolute Gasteiger partial charge is 0.325 e. The van der Waals surface area contributed by atoms with E-state index in [2.05, 4.69) is 19.2 Å². The van der Waals surface area contributed by atoms with E-state index >= 15 is 0 Å². The molecule has 0 aromatic heterocycles. The van der Waals surface area contributed by atoms with E-state index in [4.69, 9.17) is 0 Å². The summed E-state index contributed by atoms with van der Waals surface area (Å²) in [6.07, 6.45) is 0.964. The van der Waals surface area contributed by atoms with Crippen molar-refractivity contribution in [1.82, 2.24) is 0 Å². The van der Waals surface area contributed by atoms with Crippen LogP contribution in [0.1, 0.15) is 38.7 Å². The van der Waals surface area contributed by atoms with Crippen LogP contribution in [0.2, 0.25) is 0 Å². The Labute approximate surface area is 145 Å². The predicted octanol–water partition coefficient (Wildman–Crippen LogP) is 5.60. The molecule has 0 aliphatic rings. The van der Waals surface area contributed by atoms with Crippen molar-refractivity contribution in [3.8, 4) is 0 Å². The van der Waals surface area contributed by atoms with Crippen molar-refractivity contribution in [3.63, 3.8) is 0 Å². The van der Waals surface area contributed by atoms with Crippen molar-refractivity contribution in [2.45, 2.75) is 43.3 Å². The second-order valence-electron chi connectivity index (χ2n) is 5.72. The van der Waals surface area contributed by atoms with Gasteiger partial charge in [0.25, 0.3) is 0 Å². The third kappa shape index (κ3) is 4.57. The van der Waals surface area contributed by atoms with Crippen molar-refractivity contribution in [3.05, 3.63) is 59.7 Å². The summed E-state index contributed by atoms with van der Waals surface area (Å²) in [7, 11) is 0. The zero-order valence-corrected chi connectivity index (χ0v) is 14.8. The third-order valence-electron chi connectivity index (χ3n) is 3.93. The number of carbonyl (C=O) groups excluding carboxylic acids is 1. The fraction of sp³-hybridized carbons (Fsp3) is 0.316. The Bertz CT molecular complexity index is 720. The number of hydrogen-bond donors (Lipinski definition) is 1. The molecule has 0 saturated heterocycles. The summed E-state index contributed by atoms with van der Waals surface area (Å²) in [6.45, 7) is 5.87. The molecule has 0 aliphatic carbocycles. The Morgan fingerprint density at radius 2 is 1.88 bits per heavy atom. The highest BCUT2D eigenvalue weighted by molar-refractivity contribution is 8.00. The first-order chi connectivity index (χ1) is 11.4. The number of anilines is 1. The maximum atomic E-state index is 13.7. The van der Waals surface area contributed by atoms with E-state index < -0.39 is 16.9 Å². The van der Waals surface area contributed by atoms with Gasteiger partial charge in [-0.25, -0.2) is 8.78 Å². The molecular weight excluding hydrogens is 328 g/mol. The van der Waals surface area contributed by atoms with Crippen LogP contribution in [0.3, 0.4) is 0 Å². The van der Waals surface area contributed by atoms with Gasteiger partial charge in [0.1, 0.15) is 11.6 Å². The van der Waals surface area contributed by atoms with Crippen molar-refractivity contribution >= 4 is 23.4 Å². The normalized spacial score (nSPS) is 13.4. The maximum absolute atomic E-state index is 13.7. The molecule has 2 nitrogen and oxygen atoms in total. The summed E-state index contributed by atoms with van der Waals surface area (Å²) < 4.78 is 27.0. The fourth-order valence-corrected chi connectivity index (χ4v) is 3.21. The Morgan fingerprint density at radius 3 is 2.58 bits per heavy atom. The zero-order chi connectivity index (χ0) is 17.7. The van der Waals surface area contributed by atoms with Gasteiger partial charge in [0.2, 0.25) is 5.91 Å².